The third-order valence-electron chi connectivity index (χ3n) is 4.50. The molecule has 8 nitrogen and oxygen atoms in total. The number of carboxylic acids is 1. The van der Waals surface area contributed by atoms with Crippen LogP contribution in [0.2, 0.25) is 0 Å². The molecule has 3 N–H and O–H groups in total. The van der Waals surface area contributed by atoms with Crippen LogP contribution in [0, 0.1) is 11.3 Å². The zero-order valence-electron chi connectivity index (χ0n) is 14.7. The topological polar surface area (TPSA) is 140 Å². The minimum atomic E-state index is -3.87. The largest absolute Gasteiger partial charge is 0.489 e. The van der Waals surface area contributed by atoms with Gasteiger partial charge in [0.2, 0.25) is 0 Å². The summed E-state index contributed by atoms with van der Waals surface area (Å²) in [5.41, 5.74) is 7.08. The van der Waals surface area contributed by atoms with E-state index in [1.54, 1.807) is 18.2 Å². The third-order valence-corrected chi connectivity index (χ3v) is 6.48. The van der Waals surface area contributed by atoms with Crippen LogP contribution in [0.3, 0.4) is 0 Å². The van der Waals surface area contributed by atoms with Gasteiger partial charge in [-0.15, -0.1) is 0 Å². The molecule has 0 amide bonds. The first kappa shape index (κ1) is 19.7. The second-order valence-electron chi connectivity index (χ2n) is 6.25. The number of hydrogen-bond acceptors (Lipinski definition) is 7. The molecule has 1 aliphatic heterocycles. The van der Waals surface area contributed by atoms with Crippen LogP contribution in [0.25, 0.3) is 0 Å². The fraction of sp³-hybridized carbons (Fsp3) is 0.263. The van der Waals surface area contributed by atoms with Gasteiger partial charge >= 0.3 is 5.97 Å². The zero-order valence-corrected chi connectivity index (χ0v) is 15.6. The van der Waals surface area contributed by atoms with E-state index in [-0.39, 0.29) is 17.3 Å². The van der Waals surface area contributed by atoms with Gasteiger partial charge < -0.3 is 20.3 Å². The molecule has 2 aromatic rings. The summed E-state index contributed by atoms with van der Waals surface area (Å²) in [6, 6.07) is 12.4. The minimum absolute atomic E-state index is 0.0327. The average molecular weight is 402 g/mol. The van der Waals surface area contributed by atoms with Crippen LogP contribution >= 0.6 is 0 Å². The van der Waals surface area contributed by atoms with Crippen molar-refractivity contribution in [2.24, 2.45) is 5.73 Å². The molecule has 0 fully saturated rings. The standard InChI is InChI=1S/C19H18N2O6S/c20-10-12-4-6-13(7-5-12)28(24,25)19(21)15-8-9-26-18-14(15)2-1-3-16(18)27-11-17(22)23/h1-7,15,19H,8-9,11,21H2,(H,22,23). The Kier molecular flexibility index (Phi) is 5.53. The number of nitriles is 1. The molecule has 0 radical (unpaired) electrons. The summed E-state index contributed by atoms with van der Waals surface area (Å²) in [4.78, 5) is 10.8. The Balaban J connectivity index is 1.93. The van der Waals surface area contributed by atoms with Gasteiger partial charge in [-0.2, -0.15) is 5.26 Å². The minimum Gasteiger partial charge on any atom is -0.489 e. The highest BCUT2D eigenvalue weighted by Gasteiger charge is 2.37. The first-order chi connectivity index (χ1) is 13.3. The molecular formula is C19H18N2O6S. The maximum atomic E-state index is 13.0. The van der Waals surface area contributed by atoms with Crippen LogP contribution in [0.1, 0.15) is 23.5 Å². The van der Waals surface area contributed by atoms with Crippen LogP contribution in [-0.4, -0.2) is 38.1 Å². The van der Waals surface area contributed by atoms with Crippen molar-refractivity contribution in [3.63, 3.8) is 0 Å². The smallest absolute Gasteiger partial charge is 0.341 e. The Morgan fingerprint density at radius 1 is 1.32 bits per heavy atom. The van der Waals surface area contributed by atoms with Crippen LogP contribution in [-0.2, 0) is 14.6 Å². The fourth-order valence-corrected chi connectivity index (χ4v) is 4.65. The number of fused-ring (bicyclic) bond motifs is 1. The summed E-state index contributed by atoms with van der Waals surface area (Å²) < 4.78 is 36.8. The molecule has 0 saturated heterocycles. The van der Waals surface area contributed by atoms with E-state index in [0.717, 1.165) is 0 Å². The van der Waals surface area contributed by atoms with E-state index in [1.165, 1.54) is 24.3 Å². The van der Waals surface area contributed by atoms with E-state index >= 15 is 0 Å². The number of hydrogen-bond donors (Lipinski definition) is 2. The predicted molar refractivity (Wildman–Crippen MR) is 98.7 cm³/mol. The molecule has 0 bridgehead atoms. The number of carbonyl (C=O) groups is 1. The van der Waals surface area contributed by atoms with Crippen molar-refractivity contribution >= 4 is 15.8 Å². The molecule has 0 spiro atoms. The van der Waals surface area contributed by atoms with E-state index in [9.17, 15) is 13.2 Å². The molecule has 1 aliphatic rings. The lowest BCUT2D eigenvalue weighted by molar-refractivity contribution is -0.139. The van der Waals surface area contributed by atoms with E-state index in [2.05, 4.69) is 0 Å². The summed E-state index contributed by atoms with van der Waals surface area (Å²) in [7, 11) is -3.87. The molecule has 2 atom stereocenters. The molecular weight excluding hydrogens is 384 g/mol. The summed E-state index contributed by atoms with van der Waals surface area (Å²) in [5.74, 6) is -1.15. The number of rotatable bonds is 6. The van der Waals surface area contributed by atoms with Crippen LogP contribution < -0.4 is 15.2 Å². The zero-order chi connectivity index (χ0) is 20.3. The van der Waals surface area contributed by atoms with E-state index in [4.69, 9.17) is 25.6 Å². The van der Waals surface area contributed by atoms with Crippen molar-refractivity contribution in [2.75, 3.05) is 13.2 Å². The van der Waals surface area contributed by atoms with Crippen molar-refractivity contribution in [3.05, 3.63) is 53.6 Å². The van der Waals surface area contributed by atoms with Crippen molar-refractivity contribution in [3.8, 4) is 17.6 Å². The number of nitrogens with two attached hydrogens (primary N) is 1. The number of carboxylic acid groups (broad SMARTS) is 1. The molecule has 146 valence electrons. The summed E-state index contributed by atoms with van der Waals surface area (Å²) in [6.07, 6.45) is 0.381. The third kappa shape index (κ3) is 3.78. The summed E-state index contributed by atoms with van der Waals surface area (Å²) >= 11 is 0. The molecule has 1 heterocycles. The number of ether oxygens (including phenoxy) is 2. The normalized spacial score (nSPS) is 16.9. The Bertz CT molecular complexity index is 1030. The van der Waals surface area contributed by atoms with Gasteiger partial charge in [0.1, 0.15) is 5.37 Å². The SMILES string of the molecule is N#Cc1ccc(S(=O)(=O)C(N)C2CCOc3c(OCC(=O)O)cccc32)cc1. The predicted octanol–water partition coefficient (Wildman–Crippen LogP) is 1.65. The van der Waals surface area contributed by atoms with Crippen molar-refractivity contribution in [2.45, 2.75) is 22.6 Å². The van der Waals surface area contributed by atoms with E-state index in [0.29, 0.717) is 23.3 Å². The van der Waals surface area contributed by atoms with Crippen molar-refractivity contribution in [1.82, 2.24) is 0 Å². The molecule has 2 unspecified atom stereocenters. The van der Waals surface area contributed by atoms with Crippen LogP contribution in [0.15, 0.2) is 47.4 Å². The fourth-order valence-electron chi connectivity index (χ4n) is 3.11. The Labute approximate surface area is 162 Å². The van der Waals surface area contributed by atoms with Gasteiger partial charge in [-0.3, -0.25) is 0 Å². The first-order valence-electron chi connectivity index (χ1n) is 8.44. The average Bonchev–Trinajstić information content (AvgIpc) is 2.71. The molecule has 2 aromatic carbocycles. The first-order valence-corrected chi connectivity index (χ1v) is 9.99. The van der Waals surface area contributed by atoms with Gasteiger partial charge in [0.25, 0.3) is 0 Å². The highest BCUT2D eigenvalue weighted by Crippen LogP contribution is 2.43. The molecule has 0 aliphatic carbocycles. The highest BCUT2D eigenvalue weighted by atomic mass is 32.2. The van der Waals surface area contributed by atoms with Gasteiger partial charge in [-0.05, 0) is 36.8 Å². The van der Waals surface area contributed by atoms with Gasteiger partial charge in [-0.25, -0.2) is 13.2 Å². The molecule has 9 heteroatoms. The lowest BCUT2D eigenvalue weighted by Crippen LogP contribution is -2.39. The van der Waals surface area contributed by atoms with E-state index in [1.807, 2.05) is 6.07 Å². The highest BCUT2D eigenvalue weighted by molar-refractivity contribution is 7.92. The van der Waals surface area contributed by atoms with E-state index < -0.39 is 33.7 Å². The van der Waals surface area contributed by atoms with Gasteiger partial charge in [-0.1, -0.05) is 12.1 Å². The maximum Gasteiger partial charge on any atom is 0.341 e. The monoisotopic (exact) mass is 402 g/mol. The Morgan fingerprint density at radius 2 is 2.04 bits per heavy atom. The van der Waals surface area contributed by atoms with Crippen molar-refractivity contribution in [1.29, 1.82) is 5.26 Å². The van der Waals surface area contributed by atoms with Gasteiger partial charge in [0.15, 0.2) is 27.9 Å². The lowest BCUT2D eigenvalue weighted by Gasteiger charge is -2.31. The Morgan fingerprint density at radius 3 is 2.68 bits per heavy atom. The summed E-state index contributed by atoms with van der Waals surface area (Å²) in [5, 5.41) is 16.4. The lowest BCUT2D eigenvalue weighted by atomic mass is 9.92. The summed E-state index contributed by atoms with van der Waals surface area (Å²) in [6.45, 7) is -0.318. The van der Waals surface area contributed by atoms with Gasteiger partial charge in [0, 0.05) is 11.5 Å². The number of benzene rings is 2. The van der Waals surface area contributed by atoms with Crippen LogP contribution in [0.5, 0.6) is 11.5 Å². The molecule has 0 aromatic heterocycles. The van der Waals surface area contributed by atoms with Gasteiger partial charge in [0.05, 0.1) is 23.1 Å². The maximum absolute atomic E-state index is 13.0. The molecule has 28 heavy (non-hydrogen) atoms. The number of para-hydroxylation sites is 1. The Hall–Kier alpha value is -3.09. The number of sulfone groups is 1. The second kappa shape index (κ2) is 7.88. The number of nitrogens with zero attached hydrogens (tertiary/aromatic N) is 1. The van der Waals surface area contributed by atoms with Crippen LogP contribution in [0.4, 0.5) is 0 Å². The molecule has 0 saturated carbocycles. The quantitative estimate of drug-likeness (QED) is 0.743. The van der Waals surface area contributed by atoms with Crippen molar-refractivity contribution < 1.29 is 27.8 Å². The molecule has 3 rings (SSSR count). The second-order valence-corrected chi connectivity index (χ2v) is 8.35. The number of aliphatic carboxylic acids is 1.